The zero-order valence-electron chi connectivity index (χ0n) is 28.0. The summed E-state index contributed by atoms with van der Waals surface area (Å²) in [7, 11) is 0. The molecule has 0 spiro atoms. The molecule has 50 heavy (non-hydrogen) atoms. The molecule has 3 unspecified atom stereocenters. The lowest BCUT2D eigenvalue weighted by atomic mass is 9.81. The van der Waals surface area contributed by atoms with E-state index in [0.29, 0.717) is 38.3 Å². The molecule has 3 rings (SSSR count). The molecule has 3 atom stereocenters. The highest BCUT2D eigenvalue weighted by Crippen LogP contribution is 2.29. The van der Waals surface area contributed by atoms with Gasteiger partial charge in [0.05, 0.1) is 0 Å². The number of halogens is 1. The molecule has 0 heterocycles. The highest BCUT2D eigenvalue weighted by molar-refractivity contribution is 5.89. The molecule has 0 radical (unpaired) electrons. The summed E-state index contributed by atoms with van der Waals surface area (Å²) in [6.45, 7) is 0.773. The number of hydrogen-bond donors (Lipinski definition) is 8. The van der Waals surface area contributed by atoms with Gasteiger partial charge in [-0.15, -0.1) is 0 Å². The summed E-state index contributed by atoms with van der Waals surface area (Å²) >= 11 is 0. The van der Waals surface area contributed by atoms with Crippen LogP contribution in [0, 0.1) is 11.8 Å². The second-order valence-corrected chi connectivity index (χ2v) is 12.7. The Bertz CT molecular complexity index is 1470. The van der Waals surface area contributed by atoms with Gasteiger partial charge in [0.1, 0.15) is 24.8 Å². The van der Waals surface area contributed by atoms with Crippen molar-refractivity contribution in [2.45, 2.75) is 82.3 Å². The SMILES string of the molecule is O=C(O)CCC(NC(=O)NC(CCCCNC(=O)C(Cc1ccc2ccccc2c1)NC(=O)C1CCC(CNCC[18F])CC1)C(=O)O)C(=O)O. The fourth-order valence-electron chi connectivity index (χ4n) is 6.05. The van der Waals surface area contributed by atoms with Gasteiger partial charge in [-0.1, -0.05) is 42.5 Å². The molecular weight excluding hydrogens is 652 g/mol. The minimum Gasteiger partial charge on any atom is -0.481 e. The molecule has 1 aliphatic rings. The summed E-state index contributed by atoms with van der Waals surface area (Å²) in [6.07, 6.45) is 3.01. The van der Waals surface area contributed by atoms with Crippen molar-refractivity contribution < 1.29 is 48.5 Å². The van der Waals surface area contributed by atoms with Gasteiger partial charge in [-0.25, -0.2) is 18.8 Å². The van der Waals surface area contributed by atoms with E-state index >= 15 is 0 Å². The minimum absolute atomic E-state index is 0.0191. The number of benzene rings is 2. The topological polar surface area (TPSA) is 223 Å². The highest BCUT2D eigenvalue weighted by Gasteiger charge is 2.30. The van der Waals surface area contributed by atoms with Crippen molar-refractivity contribution in [3.05, 3.63) is 48.0 Å². The number of amides is 4. The molecule has 15 heteroatoms. The zero-order valence-corrected chi connectivity index (χ0v) is 28.0. The van der Waals surface area contributed by atoms with Gasteiger partial charge < -0.3 is 41.9 Å². The van der Waals surface area contributed by atoms with Gasteiger partial charge in [0.25, 0.3) is 0 Å². The third-order valence-corrected chi connectivity index (χ3v) is 8.88. The van der Waals surface area contributed by atoms with Crippen molar-refractivity contribution >= 4 is 46.5 Å². The number of carbonyl (C=O) groups excluding carboxylic acids is 3. The Labute approximate surface area is 289 Å². The van der Waals surface area contributed by atoms with Crippen molar-refractivity contribution in [2.24, 2.45) is 11.8 Å². The van der Waals surface area contributed by atoms with Crippen molar-refractivity contribution in [2.75, 3.05) is 26.3 Å². The minimum atomic E-state index is -1.51. The fraction of sp³-hybridized carbons (Fsp3) is 0.543. The summed E-state index contributed by atoms with van der Waals surface area (Å²) in [4.78, 5) is 72.9. The van der Waals surface area contributed by atoms with Gasteiger partial charge in [-0.2, -0.15) is 0 Å². The Morgan fingerprint density at radius 1 is 0.760 bits per heavy atom. The maximum Gasteiger partial charge on any atom is 0.326 e. The van der Waals surface area contributed by atoms with Crippen molar-refractivity contribution in [3.8, 4) is 0 Å². The van der Waals surface area contributed by atoms with E-state index in [2.05, 4.69) is 26.6 Å². The van der Waals surface area contributed by atoms with Gasteiger partial charge in [-0.3, -0.25) is 14.4 Å². The first-order valence-corrected chi connectivity index (χ1v) is 17.0. The second kappa shape index (κ2) is 20.7. The first-order valence-electron chi connectivity index (χ1n) is 17.0. The lowest BCUT2D eigenvalue weighted by Crippen LogP contribution is -2.51. The van der Waals surface area contributed by atoms with Crippen LogP contribution in [0.4, 0.5) is 9.18 Å². The van der Waals surface area contributed by atoms with Crippen LogP contribution in [-0.4, -0.2) is 95.5 Å². The Morgan fingerprint density at radius 3 is 2.06 bits per heavy atom. The average molecular weight is 701 g/mol. The van der Waals surface area contributed by atoms with Crippen LogP contribution in [0.2, 0.25) is 0 Å². The molecule has 4 amide bonds. The first-order chi connectivity index (χ1) is 24.0. The van der Waals surface area contributed by atoms with E-state index in [4.69, 9.17) is 5.11 Å². The fourth-order valence-corrected chi connectivity index (χ4v) is 6.05. The van der Waals surface area contributed by atoms with Crippen LogP contribution in [-0.2, 0) is 30.4 Å². The van der Waals surface area contributed by atoms with Crippen LogP contribution in [0.15, 0.2) is 42.5 Å². The molecule has 0 aliphatic heterocycles. The van der Waals surface area contributed by atoms with Crippen molar-refractivity contribution in [1.82, 2.24) is 26.6 Å². The second-order valence-electron chi connectivity index (χ2n) is 12.7. The van der Waals surface area contributed by atoms with E-state index in [1.54, 1.807) is 0 Å². The number of carboxylic acids is 3. The first kappa shape index (κ1) is 39.6. The number of urea groups is 1. The molecule has 8 N–H and O–H groups in total. The lowest BCUT2D eigenvalue weighted by Gasteiger charge is -2.29. The number of hydrogen-bond acceptors (Lipinski definition) is 7. The monoisotopic (exact) mass is 700 g/mol. The van der Waals surface area contributed by atoms with E-state index in [-0.39, 0.29) is 50.0 Å². The zero-order chi connectivity index (χ0) is 36.5. The Balaban J connectivity index is 1.54. The number of nitrogens with one attached hydrogen (secondary N) is 5. The van der Waals surface area contributed by atoms with Crippen LogP contribution >= 0.6 is 0 Å². The maximum absolute atomic E-state index is 13.4. The molecule has 1 saturated carbocycles. The molecular formula is C35H48FN5O9. The number of aliphatic carboxylic acids is 3. The number of fused-ring (bicyclic) bond motifs is 1. The van der Waals surface area contributed by atoms with E-state index in [0.717, 1.165) is 29.2 Å². The molecule has 2 aromatic rings. The summed E-state index contributed by atoms with van der Waals surface area (Å²) in [5, 5.41) is 42.8. The summed E-state index contributed by atoms with van der Waals surface area (Å²) in [5.41, 5.74) is 0.869. The number of rotatable bonds is 21. The predicted octanol–water partition coefficient (Wildman–Crippen LogP) is 2.59. The molecule has 0 aromatic heterocycles. The number of alkyl halides is 1. The summed E-state index contributed by atoms with van der Waals surface area (Å²) < 4.78 is 12.4. The third-order valence-electron chi connectivity index (χ3n) is 8.88. The van der Waals surface area contributed by atoms with Gasteiger partial charge in [0.15, 0.2) is 0 Å². The van der Waals surface area contributed by atoms with Crippen LogP contribution in [0.3, 0.4) is 0 Å². The van der Waals surface area contributed by atoms with Gasteiger partial charge in [0.2, 0.25) is 11.8 Å². The largest absolute Gasteiger partial charge is 0.481 e. The molecule has 0 saturated heterocycles. The quantitative estimate of drug-likeness (QED) is 0.0889. The summed E-state index contributed by atoms with van der Waals surface area (Å²) in [6, 6.07) is 8.92. The van der Waals surface area contributed by atoms with E-state index in [9.17, 15) is 43.4 Å². The molecule has 0 bridgehead atoms. The van der Waals surface area contributed by atoms with Gasteiger partial charge in [-0.05, 0) is 80.2 Å². The maximum atomic E-state index is 13.4. The average Bonchev–Trinajstić information content (AvgIpc) is 3.09. The number of carbonyl (C=O) groups is 6. The van der Waals surface area contributed by atoms with E-state index in [1.165, 1.54) is 0 Å². The number of unbranched alkanes of at least 4 members (excludes halogenated alkanes) is 1. The Hall–Kier alpha value is -4.79. The van der Waals surface area contributed by atoms with Crippen molar-refractivity contribution in [1.29, 1.82) is 0 Å². The van der Waals surface area contributed by atoms with Crippen LogP contribution < -0.4 is 26.6 Å². The van der Waals surface area contributed by atoms with Gasteiger partial charge in [0, 0.05) is 31.8 Å². The molecule has 2 aromatic carbocycles. The molecule has 1 fully saturated rings. The third kappa shape index (κ3) is 13.6. The summed E-state index contributed by atoms with van der Waals surface area (Å²) in [5.74, 6) is -4.48. The van der Waals surface area contributed by atoms with Crippen LogP contribution in [0.5, 0.6) is 0 Å². The Kier molecular flexibility index (Phi) is 16.4. The van der Waals surface area contributed by atoms with Crippen LogP contribution in [0.1, 0.15) is 63.4 Å². The Morgan fingerprint density at radius 2 is 1.42 bits per heavy atom. The molecule has 274 valence electrons. The van der Waals surface area contributed by atoms with Crippen molar-refractivity contribution in [3.63, 3.8) is 0 Å². The predicted molar refractivity (Wildman–Crippen MR) is 182 cm³/mol. The normalized spacial score (nSPS) is 17.5. The van der Waals surface area contributed by atoms with Crippen LogP contribution in [0.25, 0.3) is 10.8 Å². The smallest absolute Gasteiger partial charge is 0.326 e. The number of carboxylic acid groups (broad SMARTS) is 3. The molecule has 14 nitrogen and oxygen atoms in total. The standard InChI is InChI=1S/C35H48FN5O9/c36-16-18-37-21-22-8-12-25(13-9-22)31(44)39-29(20-23-10-11-24-5-1-2-6-26(24)19-23)32(45)38-17-4-3-7-27(33(46)47)40-35(50)41-28(34(48)49)14-15-30(42)43/h1-2,5-6,10-11,19,22,25,27-29,37H,3-4,7-9,12-18,20-21H2,(H,38,45)(H,39,44)(H,42,43)(H,46,47)(H,48,49)(H2,40,41,50)/i36-1. The lowest BCUT2D eigenvalue weighted by molar-refractivity contribution is -0.141. The van der Waals surface area contributed by atoms with Gasteiger partial charge >= 0.3 is 23.9 Å². The highest BCUT2D eigenvalue weighted by atomic mass is 18.2. The van der Waals surface area contributed by atoms with E-state index < -0.39 is 55.2 Å². The van der Waals surface area contributed by atoms with E-state index in [1.807, 2.05) is 42.5 Å². The molecule has 1 aliphatic carbocycles.